The van der Waals surface area contributed by atoms with Crippen LogP contribution in [0.1, 0.15) is 26.5 Å². The number of hydrogen-bond acceptors (Lipinski definition) is 3. The predicted octanol–water partition coefficient (Wildman–Crippen LogP) is 4.11. The van der Waals surface area contributed by atoms with E-state index in [-0.39, 0.29) is 5.54 Å². The SMILES string of the molecule is Cc1cccc2nc(-c3ccco3)c(NC(C)(C)C)n12. The average Bonchev–Trinajstić information content (AvgIpc) is 2.95. The molecule has 0 saturated carbocycles. The van der Waals surface area contributed by atoms with Gasteiger partial charge in [-0.2, -0.15) is 0 Å². The van der Waals surface area contributed by atoms with Crippen molar-refractivity contribution in [1.82, 2.24) is 9.38 Å². The summed E-state index contributed by atoms with van der Waals surface area (Å²) in [6, 6.07) is 9.92. The van der Waals surface area contributed by atoms with Gasteiger partial charge in [-0.25, -0.2) is 4.98 Å². The Labute approximate surface area is 118 Å². The van der Waals surface area contributed by atoms with E-state index >= 15 is 0 Å². The number of pyridine rings is 1. The molecule has 0 amide bonds. The van der Waals surface area contributed by atoms with E-state index in [9.17, 15) is 0 Å². The first-order chi connectivity index (χ1) is 9.46. The molecular formula is C16H19N3O. The normalized spacial score (nSPS) is 12.0. The lowest BCUT2D eigenvalue weighted by Gasteiger charge is -2.22. The molecule has 0 bridgehead atoms. The summed E-state index contributed by atoms with van der Waals surface area (Å²) in [5.74, 6) is 1.75. The zero-order valence-corrected chi connectivity index (χ0v) is 12.3. The highest BCUT2D eigenvalue weighted by Gasteiger charge is 2.21. The van der Waals surface area contributed by atoms with Crippen LogP contribution in [0.15, 0.2) is 41.0 Å². The Kier molecular flexibility index (Phi) is 2.82. The average molecular weight is 269 g/mol. The van der Waals surface area contributed by atoms with Gasteiger partial charge in [0, 0.05) is 11.2 Å². The van der Waals surface area contributed by atoms with E-state index in [0.717, 1.165) is 28.6 Å². The third-order valence-electron chi connectivity index (χ3n) is 3.09. The number of nitrogens with zero attached hydrogens (tertiary/aromatic N) is 2. The number of imidazole rings is 1. The van der Waals surface area contributed by atoms with Gasteiger partial charge in [0.1, 0.15) is 17.2 Å². The molecule has 0 saturated heterocycles. The van der Waals surface area contributed by atoms with E-state index in [1.807, 2.05) is 24.3 Å². The Balaban J connectivity index is 2.29. The highest BCUT2D eigenvalue weighted by molar-refractivity contribution is 5.74. The summed E-state index contributed by atoms with van der Waals surface area (Å²) in [7, 11) is 0. The fraction of sp³-hybridized carbons (Fsp3) is 0.312. The van der Waals surface area contributed by atoms with Crippen molar-refractivity contribution in [3.8, 4) is 11.5 Å². The van der Waals surface area contributed by atoms with Crippen LogP contribution < -0.4 is 5.32 Å². The fourth-order valence-corrected chi connectivity index (χ4v) is 2.31. The van der Waals surface area contributed by atoms with Crippen LogP contribution in [0.25, 0.3) is 17.1 Å². The topological polar surface area (TPSA) is 42.5 Å². The Morgan fingerprint density at radius 1 is 1.15 bits per heavy atom. The van der Waals surface area contributed by atoms with Gasteiger partial charge in [0.2, 0.25) is 0 Å². The fourth-order valence-electron chi connectivity index (χ4n) is 2.31. The van der Waals surface area contributed by atoms with E-state index < -0.39 is 0 Å². The lowest BCUT2D eigenvalue weighted by Crippen LogP contribution is -2.27. The summed E-state index contributed by atoms with van der Waals surface area (Å²) in [5.41, 5.74) is 2.85. The summed E-state index contributed by atoms with van der Waals surface area (Å²) in [4.78, 5) is 4.71. The highest BCUT2D eigenvalue weighted by Crippen LogP contribution is 2.31. The number of hydrogen-bond donors (Lipinski definition) is 1. The second-order valence-corrected chi connectivity index (χ2v) is 6.02. The molecule has 20 heavy (non-hydrogen) atoms. The van der Waals surface area contributed by atoms with Gasteiger partial charge >= 0.3 is 0 Å². The van der Waals surface area contributed by atoms with Crippen molar-refractivity contribution < 1.29 is 4.42 Å². The maximum Gasteiger partial charge on any atom is 0.156 e. The molecule has 0 aliphatic rings. The first-order valence-corrected chi connectivity index (χ1v) is 6.76. The number of aryl methyl sites for hydroxylation is 1. The van der Waals surface area contributed by atoms with E-state index in [0.29, 0.717) is 0 Å². The third kappa shape index (κ3) is 2.18. The number of rotatable bonds is 2. The number of aromatic nitrogens is 2. The van der Waals surface area contributed by atoms with Crippen LogP contribution in [-0.2, 0) is 0 Å². The Morgan fingerprint density at radius 3 is 2.60 bits per heavy atom. The minimum Gasteiger partial charge on any atom is -0.463 e. The minimum atomic E-state index is -0.0560. The van der Waals surface area contributed by atoms with Crippen molar-refractivity contribution in [2.24, 2.45) is 0 Å². The van der Waals surface area contributed by atoms with Crippen LogP contribution in [0, 0.1) is 6.92 Å². The molecule has 3 aromatic rings. The maximum absolute atomic E-state index is 5.53. The summed E-state index contributed by atoms with van der Waals surface area (Å²) < 4.78 is 7.66. The lowest BCUT2D eigenvalue weighted by atomic mass is 10.1. The predicted molar refractivity (Wildman–Crippen MR) is 81.0 cm³/mol. The molecule has 0 unspecified atom stereocenters. The first kappa shape index (κ1) is 12.8. The Bertz CT molecular complexity index is 733. The largest absolute Gasteiger partial charge is 0.463 e. The second-order valence-electron chi connectivity index (χ2n) is 6.02. The second kappa shape index (κ2) is 4.40. The van der Waals surface area contributed by atoms with Gasteiger partial charge in [-0.1, -0.05) is 6.07 Å². The molecule has 3 aromatic heterocycles. The number of nitrogens with one attached hydrogen (secondary N) is 1. The van der Waals surface area contributed by atoms with E-state index in [1.54, 1.807) is 6.26 Å². The van der Waals surface area contributed by atoms with Crippen LogP contribution in [0.3, 0.4) is 0 Å². The number of fused-ring (bicyclic) bond motifs is 1. The first-order valence-electron chi connectivity index (χ1n) is 6.76. The standard InChI is InChI=1S/C16H19N3O/c1-11-7-5-9-13-17-14(12-8-6-10-20-12)15(19(11)13)18-16(2,3)4/h5-10,18H,1-4H3. The summed E-state index contributed by atoms with van der Waals surface area (Å²) in [6.45, 7) is 8.48. The number of anilines is 1. The van der Waals surface area contributed by atoms with Crippen LogP contribution >= 0.6 is 0 Å². The quantitative estimate of drug-likeness (QED) is 0.761. The van der Waals surface area contributed by atoms with Gasteiger partial charge < -0.3 is 9.73 Å². The summed E-state index contributed by atoms with van der Waals surface area (Å²) in [6.07, 6.45) is 1.67. The van der Waals surface area contributed by atoms with E-state index in [1.165, 1.54) is 0 Å². The maximum atomic E-state index is 5.53. The van der Waals surface area contributed by atoms with Gasteiger partial charge in [0.15, 0.2) is 5.76 Å². The molecule has 0 atom stereocenters. The van der Waals surface area contributed by atoms with Crippen molar-refractivity contribution in [1.29, 1.82) is 0 Å². The highest BCUT2D eigenvalue weighted by atomic mass is 16.3. The molecule has 4 heteroatoms. The molecule has 4 nitrogen and oxygen atoms in total. The zero-order valence-electron chi connectivity index (χ0n) is 12.3. The van der Waals surface area contributed by atoms with Gasteiger partial charge in [0.25, 0.3) is 0 Å². The van der Waals surface area contributed by atoms with Gasteiger partial charge in [-0.05, 0) is 52.0 Å². The summed E-state index contributed by atoms with van der Waals surface area (Å²) >= 11 is 0. The van der Waals surface area contributed by atoms with Gasteiger partial charge in [-0.3, -0.25) is 4.40 Å². The van der Waals surface area contributed by atoms with Crippen LogP contribution in [0.5, 0.6) is 0 Å². The molecule has 0 aliphatic carbocycles. The molecule has 0 radical (unpaired) electrons. The zero-order chi connectivity index (χ0) is 14.3. The molecule has 0 fully saturated rings. The van der Waals surface area contributed by atoms with Crippen molar-refractivity contribution in [3.05, 3.63) is 42.3 Å². The van der Waals surface area contributed by atoms with Gasteiger partial charge in [-0.15, -0.1) is 0 Å². The Morgan fingerprint density at radius 2 is 1.95 bits per heavy atom. The van der Waals surface area contributed by atoms with Crippen LogP contribution in [0.2, 0.25) is 0 Å². The minimum absolute atomic E-state index is 0.0560. The van der Waals surface area contributed by atoms with Crippen LogP contribution in [0.4, 0.5) is 5.82 Å². The van der Waals surface area contributed by atoms with Crippen molar-refractivity contribution >= 4 is 11.5 Å². The molecule has 0 spiro atoms. The number of furan rings is 1. The third-order valence-corrected chi connectivity index (χ3v) is 3.09. The van der Waals surface area contributed by atoms with Crippen LogP contribution in [-0.4, -0.2) is 14.9 Å². The molecular weight excluding hydrogens is 250 g/mol. The smallest absolute Gasteiger partial charge is 0.156 e. The van der Waals surface area contributed by atoms with Crippen molar-refractivity contribution in [2.75, 3.05) is 5.32 Å². The Hall–Kier alpha value is -2.23. The van der Waals surface area contributed by atoms with E-state index in [2.05, 4.69) is 43.5 Å². The van der Waals surface area contributed by atoms with Gasteiger partial charge in [0.05, 0.1) is 6.26 Å². The van der Waals surface area contributed by atoms with E-state index in [4.69, 9.17) is 9.40 Å². The summed E-state index contributed by atoms with van der Waals surface area (Å²) in [5, 5.41) is 3.54. The van der Waals surface area contributed by atoms with Crippen molar-refractivity contribution in [2.45, 2.75) is 33.2 Å². The molecule has 104 valence electrons. The molecule has 1 N–H and O–H groups in total. The monoisotopic (exact) mass is 269 g/mol. The van der Waals surface area contributed by atoms with Crippen molar-refractivity contribution in [3.63, 3.8) is 0 Å². The lowest BCUT2D eigenvalue weighted by molar-refractivity contribution is 0.579. The molecule has 0 aliphatic heterocycles. The molecule has 0 aromatic carbocycles. The molecule has 3 heterocycles. The molecule has 3 rings (SSSR count).